The Balaban J connectivity index is 2.96. The quantitative estimate of drug-likeness (QED) is 0.477. The molecule has 4 nitrogen and oxygen atoms in total. The maximum Gasteiger partial charge on any atom is 0.119 e. The summed E-state index contributed by atoms with van der Waals surface area (Å²) in [5.41, 5.74) is 5.82. The van der Waals surface area contributed by atoms with Crippen LogP contribution in [0, 0.1) is 5.41 Å². The van der Waals surface area contributed by atoms with E-state index in [0.717, 1.165) is 0 Å². The molecule has 0 saturated carbocycles. The molecule has 0 bridgehead atoms. The minimum Gasteiger partial charge on any atom is -0.508 e. The number of phenols is 1. The fraction of sp³-hybridized carbons (Fsp3) is 0.222. The first-order valence-electron chi connectivity index (χ1n) is 3.82. The van der Waals surface area contributed by atoms with Crippen molar-refractivity contribution in [2.45, 2.75) is 6.42 Å². The lowest BCUT2D eigenvalue weighted by atomic mass is 10.1. The van der Waals surface area contributed by atoms with Crippen molar-refractivity contribution in [3.05, 3.63) is 23.8 Å². The highest BCUT2D eigenvalue weighted by Crippen LogP contribution is 2.22. The van der Waals surface area contributed by atoms with Crippen molar-refractivity contribution in [2.24, 2.45) is 5.73 Å². The molecule has 0 heterocycles. The number of methoxy groups -OCH3 is 1. The third-order valence-corrected chi connectivity index (χ3v) is 1.67. The van der Waals surface area contributed by atoms with E-state index in [1.54, 1.807) is 19.2 Å². The van der Waals surface area contributed by atoms with Crippen LogP contribution in [0.3, 0.4) is 0 Å². The second kappa shape index (κ2) is 3.80. The van der Waals surface area contributed by atoms with Crippen LogP contribution in [0.25, 0.3) is 0 Å². The van der Waals surface area contributed by atoms with Gasteiger partial charge in [0.15, 0.2) is 0 Å². The first kappa shape index (κ1) is 9.38. The summed E-state index contributed by atoms with van der Waals surface area (Å²) in [6.07, 6.45) is 0.239. The van der Waals surface area contributed by atoms with Crippen molar-refractivity contribution >= 4 is 5.84 Å². The Kier molecular flexibility index (Phi) is 2.74. The van der Waals surface area contributed by atoms with Crippen LogP contribution in [-0.4, -0.2) is 18.1 Å². The van der Waals surface area contributed by atoms with E-state index in [9.17, 15) is 5.11 Å². The van der Waals surface area contributed by atoms with Crippen LogP contribution in [0.5, 0.6) is 11.5 Å². The van der Waals surface area contributed by atoms with Crippen molar-refractivity contribution in [3.63, 3.8) is 0 Å². The second-order valence-corrected chi connectivity index (χ2v) is 2.70. The predicted octanol–water partition coefficient (Wildman–Crippen LogP) is 0.879. The van der Waals surface area contributed by atoms with E-state index in [4.69, 9.17) is 15.9 Å². The van der Waals surface area contributed by atoms with Crippen molar-refractivity contribution in [2.75, 3.05) is 7.11 Å². The molecule has 0 radical (unpaired) electrons. The molecule has 4 heteroatoms. The van der Waals surface area contributed by atoms with E-state index in [1.165, 1.54) is 6.07 Å². The summed E-state index contributed by atoms with van der Waals surface area (Å²) in [5.74, 6) is 0.800. The predicted molar refractivity (Wildman–Crippen MR) is 50.3 cm³/mol. The highest BCUT2D eigenvalue weighted by Gasteiger charge is 2.03. The van der Waals surface area contributed by atoms with Crippen LogP contribution in [-0.2, 0) is 6.42 Å². The number of benzene rings is 1. The fourth-order valence-corrected chi connectivity index (χ4v) is 1.04. The summed E-state index contributed by atoms with van der Waals surface area (Å²) in [5, 5.41) is 16.5. The van der Waals surface area contributed by atoms with Gasteiger partial charge in [0.05, 0.1) is 12.9 Å². The molecule has 4 N–H and O–H groups in total. The van der Waals surface area contributed by atoms with Crippen molar-refractivity contribution in [1.82, 2.24) is 0 Å². The number of phenolic OH excluding ortho intramolecular Hbond substituents is 1. The first-order valence-corrected chi connectivity index (χ1v) is 3.82. The zero-order chi connectivity index (χ0) is 9.84. The lowest BCUT2D eigenvalue weighted by Crippen LogP contribution is -2.12. The van der Waals surface area contributed by atoms with Crippen LogP contribution in [0.1, 0.15) is 5.56 Å². The second-order valence-electron chi connectivity index (χ2n) is 2.70. The zero-order valence-electron chi connectivity index (χ0n) is 7.37. The SMILES string of the molecule is COc1ccc(O)c(CC(=N)N)c1. The average Bonchev–Trinajstić information content (AvgIpc) is 2.08. The smallest absolute Gasteiger partial charge is 0.119 e. The minimum atomic E-state index is 0.0172. The van der Waals surface area contributed by atoms with Gasteiger partial charge in [0.2, 0.25) is 0 Å². The summed E-state index contributed by atoms with van der Waals surface area (Å²) in [4.78, 5) is 0. The maximum absolute atomic E-state index is 9.37. The van der Waals surface area contributed by atoms with Gasteiger partial charge >= 0.3 is 0 Å². The van der Waals surface area contributed by atoms with Gasteiger partial charge in [-0.2, -0.15) is 0 Å². The number of ether oxygens (including phenoxy) is 1. The van der Waals surface area contributed by atoms with E-state index in [2.05, 4.69) is 0 Å². The molecule has 0 aliphatic rings. The van der Waals surface area contributed by atoms with Gasteiger partial charge in [0.25, 0.3) is 0 Å². The summed E-state index contributed by atoms with van der Waals surface area (Å²) in [6, 6.07) is 4.84. The minimum absolute atomic E-state index is 0.0172. The van der Waals surface area contributed by atoms with Crippen molar-refractivity contribution in [3.8, 4) is 11.5 Å². The number of nitrogens with one attached hydrogen (secondary N) is 1. The number of aromatic hydroxyl groups is 1. The molecule has 0 fully saturated rings. The van der Waals surface area contributed by atoms with E-state index in [1.807, 2.05) is 0 Å². The van der Waals surface area contributed by atoms with Gasteiger partial charge in [0.1, 0.15) is 11.5 Å². The highest BCUT2D eigenvalue weighted by molar-refractivity contribution is 5.80. The molecule has 0 aliphatic carbocycles. The number of hydrogen-bond acceptors (Lipinski definition) is 3. The standard InChI is InChI=1S/C9H12N2O2/c1-13-7-2-3-8(12)6(4-7)5-9(10)11/h2-4,12H,5H2,1H3,(H3,10,11). The van der Waals surface area contributed by atoms with Gasteiger partial charge in [-0.3, -0.25) is 5.41 Å². The number of nitrogens with two attached hydrogens (primary N) is 1. The third-order valence-electron chi connectivity index (χ3n) is 1.67. The van der Waals surface area contributed by atoms with E-state index < -0.39 is 0 Å². The molecule has 70 valence electrons. The van der Waals surface area contributed by atoms with Gasteiger partial charge in [-0.1, -0.05) is 0 Å². The largest absolute Gasteiger partial charge is 0.508 e. The van der Waals surface area contributed by atoms with Gasteiger partial charge in [-0.05, 0) is 18.2 Å². The van der Waals surface area contributed by atoms with Gasteiger partial charge in [-0.15, -0.1) is 0 Å². The molecule has 0 atom stereocenters. The normalized spacial score (nSPS) is 9.62. The molecule has 1 aromatic carbocycles. The molecule has 0 amide bonds. The summed E-state index contributed by atoms with van der Waals surface area (Å²) >= 11 is 0. The van der Waals surface area contributed by atoms with Crippen LogP contribution in [0.4, 0.5) is 0 Å². The Hall–Kier alpha value is -1.71. The molecule has 0 unspecified atom stereocenters. The number of amidine groups is 1. The molecule has 13 heavy (non-hydrogen) atoms. The van der Waals surface area contributed by atoms with Crippen molar-refractivity contribution < 1.29 is 9.84 Å². The Morgan fingerprint density at radius 1 is 1.62 bits per heavy atom. The van der Waals surface area contributed by atoms with E-state index in [-0.39, 0.29) is 18.0 Å². The average molecular weight is 180 g/mol. The maximum atomic E-state index is 9.37. The lowest BCUT2D eigenvalue weighted by Gasteiger charge is -2.05. The first-order chi connectivity index (χ1) is 6.13. The molecule has 1 rings (SSSR count). The number of hydrogen-bond donors (Lipinski definition) is 3. The van der Waals surface area contributed by atoms with Crippen LogP contribution in [0.15, 0.2) is 18.2 Å². The molecule has 1 aromatic rings. The Morgan fingerprint density at radius 2 is 2.31 bits per heavy atom. The highest BCUT2D eigenvalue weighted by atomic mass is 16.5. The van der Waals surface area contributed by atoms with Crippen molar-refractivity contribution in [1.29, 1.82) is 5.41 Å². The van der Waals surface area contributed by atoms with Crippen LogP contribution in [0.2, 0.25) is 0 Å². The molecule has 0 saturated heterocycles. The lowest BCUT2D eigenvalue weighted by molar-refractivity contribution is 0.411. The van der Waals surface area contributed by atoms with Gasteiger partial charge in [-0.25, -0.2) is 0 Å². The topological polar surface area (TPSA) is 79.3 Å². The molecular formula is C9H12N2O2. The van der Waals surface area contributed by atoms with Gasteiger partial charge < -0.3 is 15.6 Å². The Morgan fingerprint density at radius 3 is 2.85 bits per heavy atom. The summed E-state index contributed by atoms with van der Waals surface area (Å²) in [6.45, 7) is 0. The van der Waals surface area contributed by atoms with E-state index >= 15 is 0 Å². The Labute approximate surface area is 76.5 Å². The Bertz CT molecular complexity index is 323. The molecule has 0 aromatic heterocycles. The third kappa shape index (κ3) is 2.37. The summed E-state index contributed by atoms with van der Waals surface area (Å²) < 4.78 is 4.97. The molecule has 0 aliphatic heterocycles. The van der Waals surface area contributed by atoms with Crippen LogP contribution < -0.4 is 10.5 Å². The molecule has 0 spiro atoms. The summed E-state index contributed by atoms with van der Waals surface area (Å²) in [7, 11) is 1.55. The zero-order valence-corrected chi connectivity index (χ0v) is 7.37. The van der Waals surface area contributed by atoms with Crippen LogP contribution >= 0.6 is 0 Å². The van der Waals surface area contributed by atoms with Gasteiger partial charge in [0, 0.05) is 12.0 Å². The number of rotatable bonds is 3. The fourth-order valence-electron chi connectivity index (χ4n) is 1.04. The molecular weight excluding hydrogens is 168 g/mol. The monoisotopic (exact) mass is 180 g/mol. The van der Waals surface area contributed by atoms with E-state index in [0.29, 0.717) is 11.3 Å².